The van der Waals surface area contributed by atoms with Crippen LogP contribution in [-0.4, -0.2) is 14.9 Å². The summed E-state index contributed by atoms with van der Waals surface area (Å²) in [7, 11) is 0. The van der Waals surface area contributed by atoms with Crippen LogP contribution in [0.15, 0.2) is 22.7 Å². The Kier molecular flexibility index (Phi) is 3.59. The van der Waals surface area contributed by atoms with Crippen LogP contribution in [-0.2, 0) is 0 Å². The van der Waals surface area contributed by atoms with Crippen LogP contribution in [0.25, 0.3) is 5.69 Å². The molecule has 2 aromatic rings. The molecule has 1 aromatic carbocycles. The van der Waals surface area contributed by atoms with Gasteiger partial charge in [-0.25, -0.2) is 4.68 Å². The van der Waals surface area contributed by atoms with E-state index in [9.17, 15) is 5.11 Å². The predicted molar refractivity (Wildman–Crippen MR) is 76.1 cm³/mol. The predicted octanol–water partition coefficient (Wildman–Crippen LogP) is 3.61. The monoisotopic (exact) mass is 308 g/mol. The minimum Gasteiger partial charge on any atom is -0.389 e. The van der Waals surface area contributed by atoms with Gasteiger partial charge in [0.15, 0.2) is 0 Å². The molecule has 0 aliphatic carbocycles. The number of aliphatic hydroxyl groups is 1. The second kappa shape index (κ2) is 4.86. The van der Waals surface area contributed by atoms with Crippen molar-refractivity contribution in [3.8, 4) is 5.69 Å². The summed E-state index contributed by atoms with van der Waals surface area (Å²) in [5, 5.41) is 14.1. The van der Waals surface area contributed by atoms with Crippen molar-refractivity contribution < 1.29 is 5.11 Å². The molecule has 0 radical (unpaired) electrons. The second-order valence-electron chi connectivity index (χ2n) is 4.59. The average Bonchev–Trinajstić information content (AvgIpc) is 2.56. The second-order valence-corrected chi connectivity index (χ2v) is 5.44. The molecule has 0 spiro atoms. The quantitative estimate of drug-likeness (QED) is 0.920. The maximum atomic E-state index is 9.62. The van der Waals surface area contributed by atoms with Crippen LogP contribution < -0.4 is 0 Å². The van der Waals surface area contributed by atoms with E-state index in [1.165, 1.54) is 5.56 Å². The van der Waals surface area contributed by atoms with Gasteiger partial charge in [-0.2, -0.15) is 5.10 Å². The van der Waals surface area contributed by atoms with Gasteiger partial charge in [0.05, 0.1) is 17.5 Å². The number of benzene rings is 1. The van der Waals surface area contributed by atoms with Crippen molar-refractivity contribution >= 4 is 15.9 Å². The number of aliphatic hydroxyl groups excluding tert-OH is 1. The molecule has 0 saturated heterocycles. The Hall–Kier alpha value is -1.13. The maximum Gasteiger partial charge on any atom is 0.0772 e. The first-order valence-corrected chi connectivity index (χ1v) is 6.72. The highest BCUT2D eigenvalue weighted by molar-refractivity contribution is 9.10. The Morgan fingerprint density at radius 2 is 1.94 bits per heavy atom. The summed E-state index contributed by atoms with van der Waals surface area (Å²) >= 11 is 3.49. The van der Waals surface area contributed by atoms with Gasteiger partial charge < -0.3 is 5.11 Å². The van der Waals surface area contributed by atoms with Crippen LogP contribution >= 0.6 is 15.9 Å². The fourth-order valence-corrected chi connectivity index (χ4v) is 2.66. The van der Waals surface area contributed by atoms with E-state index in [4.69, 9.17) is 0 Å². The number of hydrogen-bond donors (Lipinski definition) is 1. The first-order valence-electron chi connectivity index (χ1n) is 5.92. The van der Waals surface area contributed by atoms with Crippen LogP contribution in [0.5, 0.6) is 0 Å². The number of nitrogens with zero attached hydrogens (tertiary/aromatic N) is 2. The minimum atomic E-state index is -0.476. The summed E-state index contributed by atoms with van der Waals surface area (Å²) in [6.07, 6.45) is -0.476. The molecule has 1 N–H and O–H groups in total. The molecule has 1 unspecified atom stereocenters. The summed E-state index contributed by atoms with van der Waals surface area (Å²) in [6, 6.07) is 5.89. The number of hydrogen-bond acceptors (Lipinski definition) is 2. The Balaban J connectivity index is 2.52. The Labute approximate surface area is 116 Å². The van der Waals surface area contributed by atoms with Crippen molar-refractivity contribution in [3.63, 3.8) is 0 Å². The van der Waals surface area contributed by atoms with Crippen LogP contribution in [0.4, 0.5) is 0 Å². The highest BCUT2D eigenvalue weighted by Gasteiger charge is 2.11. The zero-order valence-corrected chi connectivity index (χ0v) is 12.6. The summed E-state index contributed by atoms with van der Waals surface area (Å²) in [6.45, 7) is 7.91. The van der Waals surface area contributed by atoms with Crippen molar-refractivity contribution in [1.82, 2.24) is 9.78 Å². The molecule has 0 fully saturated rings. The van der Waals surface area contributed by atoms with E-state index >= 15 is 0 Å². The molecular formula is C14H17BrN2O. The molecule has 0 bridgehead atoms. The topological polar surface area (TPSA) is 38.0 Å². The Morgan fingerprint density at radius 1 is 1.28 bits per heavy atom. The van der Waals surface area contributed by atoms with Gasteiger partial charge >= 0.3 is 0 Å². The summed E-state index contributed by atoms with van der Waals surface area (Å²) < 4.78 is 2.83. The molecule has 96 valence electrons. The zero-order chi connectivity index (χ0) is 13.4. The number of aryl methyl sites for hydroxylation is 1. The summed E-state index contributed by atoms with van der Waals surface area (Å²) in [4.78, 5) is 0. The highest BCUT2D eigenvalue weighted by Crippen LogP contribution is 2.27. The van der Waals surface area contributed by atoms with Gasteiger partial charge in [-0.3, -0.25) is 0 Å². The van der Waals surface area contributed by atoms with E-state index in [1.807, 2.05) is 29.8 Å². The number of halogens is 1. The van der Waals surface area contributed by atoms with Crippen molar-refractivity contribution in [2.24, 2.45) is 0 Å². The van der Waals surface area contributed by atoms with Crippen molar-refractivity contribution in [2.75, 3.05) is 0 Å². The Bertz CT molecular complexity index is 588. The molecule has 0 aliphatic heterocycles. The van der Waals surface area contributed by atoms with Crippen LogP contribution in [0, 0.1) is 20.8 Å². The largest absolute Gasteiger partial charge is 0.389 e. The average molecular weight is 309 g/mol. The fraction of sp³-hybridized carbons (Fsp3) is 0.357. The standard InChI is InChI=1S/C14H17BrN2O/c1-8-9(2)16-17(10(8)3)12-5-6-13(11(4)18)14(15)7-12/h5-7,11,18H,1-4H3. The number of aromatic nitrogens is 2. The third-order valence-electron chi connectivity index (χ3n) is 3.33. The molecule has 1 aromatic heterocycles. The molecule has 4 heteroatoms. The smallest absolute Gasteiger partial charge is 0.0772 e. The van der Waals surface area contributed by atoms with Crippen LogP contribution in [0.2, 0.25) is 0 Å². The van der Waals surface area contributed by atoms with Crippen molar-refractivity contribution in [1.29, 1.82) is 0 Å². The molecule has 0 aliphatic rings. The van der Waals surface area contributed by atoms with E-state index in [1.54, 1.807) is 6.92 Å². The van der Waals surface area contributed by atoms with E-state index in [0.29, 0.717) is 0 Å². The summed E-state index contributed by atoms with van der Waals surface area (Å²) in [5.41, 5.74) is 5.29. The van der Waals surface area contributed by atoms with E-state index in [2.05, 4.69) is 34.9 Å². The molecule has 2 rings (SSSR count). The molecule has 0 saturated carbocycles. The Morgan fingerprint density at radius 3 is 2.39 bits per heavy atom. The van der Waals surface area contributed by atoms with E-state index in [0.717, 1.165) is 27.1 Å². The van der Waals surface area contributed by atoms with Crippen LogP contribution in [0.1, 0.15) is 35.5 Å². The van der Waals surface area contributed by atoms with Gasteiger partial charge in [-0.05, 0) is 51.0 Å². The van der Waals surface area contributed by atoms with Gasteiger partial charge in [0.25, 0.3) is 0 Å². The van der Waals surface area contributed by atoms with Gasteiger partial charge in [0.2, 0.25) is 0 Å². The fourth-order valence-electron chi connectivity index (χ4n) is 1.96. The summed E-state index contributed by atoms with van der Waals surface area (Å²) in [5.74, 6) is 0. The lowest BCUT2D eigenvalue weighted by Gasteiger charge is -2.11. The van der Waals surface area contributed by atoms with Gasteiger partial charge in [-0.1, -0.05) is 22.0 Å². The third-order valence-corrected chi connectivity index (χ3v) is 4.02. The third kappa shape index (κ3) is 2.22. The number of rotatable bonds is 2. The van der Waals surface area contributed by atoms with E-state index < -0.39 is 6.10 Å². The van der Waals surface area contributed by atoms with Gasteiger partial charge in [0, 0.05) is 10.2 Å². The van der Waals surface area contributed by atoms with Crippen molar-refractivity contribution in [3.05, 3.63) is 45.2 Å². The van der Waals surface area contributed by atoms with Gasteiger partial charge in [-0.15, -0.1) is 0 Å². The SMILES string of the molecule is Cc1nn(-c2ccc(C(C)O)c(Br)c2)c(C)c1C. The van der Waals surface area contributed by atoms with Gasteiger partial charge in [0.1, 0.15) is 0 Å². The lowest BCUT2D eigenvalue weighted by molar-refractivity contribution is 0.198. The lowest BCUT2D eigenvalue weighted by atomic mass is 10.1. The highest BCUT2D eigenvalue weighted by atomic mass is 79.9. The molecular weight excluding hydrogens is 292 g/mol. The molecule has 0 amide bonds. The lowest BCUT2D eigenvalue weighted by Crippen LogP contribution is -2.01. The first-order chi connectivity index (χ1) is 8.41. The molecule has 1 atom stereocenters. The normalized spacial score (nSPS) is 12.8. The molecule has 18 heavy (non-hydrogen) atoms. The zero-order valence-electron chi connectivity index (χ0n) is 11.0. The van der Waals surface area contributed by atoms with Crippen LogP contribution in [0.3, 0.4) is 0 Å². The molecule has 1 heterocycles. The minimum absolute atomic E-state index is 0.476. The van der Waals surface area contributed by atoms with Crippen molar-refractivity contribution in [2.45, 2.75) is 33.8 Å². The molecule has 3 nitrogen and oxygen atoms in total. The first kappa shape index (κ1) is 13.3. The van der Waals surface area contributed by atoms with E-state index in [-0.39, 0.29) is 0 Å². The maximum absolute atomic E-state index is 9.62.